The van der Waals surface area contributed by atoms with Crippen LogP contribution in [0.5, 0.6) is 0 Å². The first-order valence-electron chi connectivity index (χ1n) is 8.52. The molecule has 2 saturated heterocycles. The van der Waals surface area contributed by atoms with Gasteiger partial charge in [-0.2, -0.15) is 0 Å². The van der Waals surface area contributed by atoms with E-state index in [1.165, 1.54) is 0 Å². The normalized spacial score (nSPS) is 26.7. The molecule has 1 aromatic heterocycles. The lowest BCUT2D eigenvalue weighted by molar-refractivity contribution is -0.0125. The van der Waals surface area contributed by atoms with Gasteiger partial charge in [0.25, 0.3) is 5.56 Å². The molecule has 3 rings (SSSR count). The molecule has 3 heterocycles. The zero-order valence-corrected chi connectivity index (χ0v) is 14.1. The molecule has 128 valence electrons. The van der Waals surface area contributed by atoms with E-state index in [1.54, 1.807) is 10.9 Å². The number of hydrogen-bond donors (Lipinski definition) is 1. The molecule has 0 amide bonds. The number of piperidine rings is 1. The molecule has 23 heavy (non-hydrogen) atoms. The molecule has 0 saturated carbocycles. The van der Waals surface area contributed by atoms with Crippen molar-refractivity contribution in [1.29, 1.82) is 0 Å². The van der Waals surface area contributed by atoms with E-state index in [9.17, 15) is 9.90 Å². The van der Waals surface area contributed by atoms with E-state index >= 15 is 0 Å². The molecule has 0 bridgehead atoms. The molecule has 1 aromatic rings. The molecule has 6 nitrogen and oxygen atoms in total. The van der Waals surface area contributed by atoms with Gasteiger partial charge < -0.3 is 14.7 Å². The van der Waals surface area contributed by atoms with E-state index in [2.05, 4.69) is 9.88 Å². The lowest BCUT2D eigenvalue weighted by Crippen LogP contribution is -2.47. The average molecular weight is 321 g/mol. The van der Waals surface area contributed by atoms with Gasteiger partial charge in [0, 0.05) is 37.4 Å². The number of rotatable bonds is 4. The monoisotopic (exact) mass is 321 g/mol. The molecule has 2 aliphatic rings. The fraction of sp³-hybridized carbons (Fsp3) is 0.765. The molecular weight excluding hydrogens is 294 g/mol. The summed E-state index contributed by atoms with van der Waals surface area (Å²) < 4.78 is 7.07. The second-order valence-corrected chi connectivity index (χ2v) is 7.16. The second-order valence-electron chi connectivity index (χ2n) is 7.16. The number of ether oxygens (including phenoxy) is 1. The van der Waals surface area contributed by atoms with Crippen molar-refractivity contribution in [3.8, 4) is 0 Å². The van der Waals surface area contributed by atoms with Crippen molar-refractivity contribution in [2.75, 3.05) is 32.8 Å². The third-order valence-electron chi connectivity index (χ3n) is 5.28. The Bertz CT molecular complexity index is 600. The fourth-order valence-electron chi connectivity index (χ4n) is 3.55. The van der Waals surface area contributed by atoms with Crippen LogP contribution in [0.3, 0.4) is 0 Å². The number of β-amino-alcohol motifs (C(OH)–C–C–N with tert-alkyl or cyclic N) is 1. The molecule has 0 radical (unpaired) electrons. The first kappa shape index (κ1) is 16.6. The number of hydrogen-bond acceptors (Lipinski definition) is 5. The van der Waals surface area contributed by atoms with E-state index in [0.29, 0.717) is 25.7 Å². The Kier molecular flexibility index (Phi) is 4.85. The molecule has 0 aliphatic carbocycles. The highest BCUT2D eigenvalue weighted by atomic mass is 16.5. The Morgan fingerprint density at radius 3 is 2.78 bits per heavy atom. The molecule has 1 N–H and O–H groups in total. The summed E-state index contributed by atoms with van der Waals surface area (Å²) >= 11 is 0. The molecule has 1 atom stereocenters. The number of aryl methyl sites for hydroxylation is 1. The van der Waals surface area contributed by atoms with Gasteiger partial charge in [-0.3, -0.25) is 9.36 Å². The standard InChI is InChI=1S/C17H27N3O3/c1-13-14(2)18-12-20(16(13)21)9-15-3-6-19(7-4-15)10-17(22)5-8-23-11-17/h12,15,22H,3-11H2,1-2H3. The summed E-state index contributed by atoms with van der Waals surface area (Å²) in [6.07, 6.45) is 4.51. The molecule has 2 fully saturated rings. The van der Waals surface area contributed by atoms with Gasteiger partial charge in [-0.15, -0.1) is 0 Å². The van der Waals surface area contributed by atoms with Gasteiger partial charge in [-0.05, 0) is 45.7 Å². The second kappa shape index (κ2) is 6.71. The van der Waals surface area contributed by atoms with Gasteiger partial charge in [-0.25, -0.2) is 4.98 Å². The number of nitrogens with zero attached hydrogens (tertiary/aromatic N) is 3. The third-order valence-corrected chi connectivity index (χ3v) is 5.28. The predicted octanol–water partition coefficient (Wildman–Crippen LogP) is 0.724. The highest BCUT2D eigenvalue weighted by Crippen LogP contribution is 2.24. The molecule has 1 unspecified atom stereocenters. The summed E-state index contributed by atoms with van der Waals surface area (Å²) in [5, 5.41) is 10.4. The van der Waals surface area contributed by atoms with E-state index in [0.717, 1.165) is 50.2 Å². The quantitative estimate of drug-likeness (QED) is 0.885. The van der Waals surface area contributed by atoms with Gasteiger partial charge in [0.2, 0.25) is 0 Å². The van der Waals surface area contributed by atoms with Crippen LogP contribution in [0.25, 0.3) is 0 Å². The summed E-state index contributed by atoms with van der Waals surface area (Å²) in [5.74, 6) is 0.502. The summed E-state index contributed by atoms with van der Waals surface area (Å²) in [4.78, 5) is 18.9. The Balaban J connectivity index is 1.53. The van der Waals surface area contributed by atoms with Crippen LogP contribution >= 0.6 is 0 Å². The summed E-state index contributed by atoms with van der Waals surface area (Å²) in [7, 11) is 0. The molecule has 2 aliphatic heterocycles. The highest BCUT2D eigenvalue weighted by molar-refractivity contribution is 5.12. The smallest absolute Gasteiger partial charge is 0.256 e. The minimum atomic E-state index is -0.665. The maximum absolute atomic E-state index is 12.3. The van der Waals surface area contributed by atoms with Crippen molar-refractivity contribution in [2.45, 2.75) is 45.3 Å². The Hall–Kier alpha value is -1.24. The van der Waals surface area contributed by atoms with Gasteiger partial charge >= 0.3 is 0 Å². The third kappa shape index (κ3) is 3.82. The van der Waals surface area contributed by atoms with Crippen molar-refractivity contribution in [2.24, 2.45) is 5.92 Å². The topological polar surface area (TPSA) is 67.6 Å². The first-order valence-corrected chi connectivity index (χ1v) is 8.52. The van der Waals surface area contributed by atoms with Crippen molar-refractivity contribution in [3.05, 3.63) is 27.9 Å². The van der Waals surface area contributed by atoms with Crippen molar-refractivity contribution >= 4 is 0 Å². The number of aromatic nitrogens is 2. The van der Waals surface area contributed by atoms with Crippen LogP contribution in [-0.2, 0) is 11.3 Å². The fourth-order valence-corrected chi connectivity index (χ4v) is 3.55. The average Bonchev–Trinajstić information content (AvgIpc) is 2.96. The largest absolute Gasteiger partial charge is 0.386 e. The Labute approximate surface area is 137 Å². The zero-order chi connectivity index (χ0) is 16.4. The maximum Gasteiger partial charge on any atom is 0.256 e. The Morgan fingerprint density at radius 1 is 1.39 bits per heavy atom. The minimum Gasteiger partial charge on any atom is -0.386 e. The van der Waals surface area contributed by atoms with Crippen LogP contribution in [0.4, 0.5) is 0 Å². The van der Waals surface area contributed by atoms with Crippen LogP contribution in [0.1, 0.15) is 30.5 Å². The molecule has 0 aromatic carbocycles. The number of likely N-dealkylation sites (tertiary alicyclic amines) is 1. The molecular formula is C17H27N3O3. The van der Waals surface area contributed by atoms with Gasteiger partial charge in [0.15, 0.2) is 0 Å². The lowest BCUT2D eigenvalue weighted by Gasteiger charge is -2.36. The molecule has 6 heteroatoms. The van der Waals surface area contributed by atoms with Gasteiger partial charge in [-0.1, -0.05) is 0 Å². The summed E-state index contributed by atoms with van der Waals surface area (Å²) in [6.45, 7) is 8.22. The predicted molar refractivity (Wildman–Crippen MR) is 87.5 cm³/mol. The van der Waals surface area contributed by atoms with Crippen LogP contribution in [0.15, 0.2) is 11.1 Å². The maximum atomic E-state index is 12.3. The van der Waals surface area contributed by atoms with Crippen LogP contribution in [0, 0.1) is 19.8 Å². The zero-order valence-electron chi connectivity index (χ0n) is 14.1. The van der Waals surface area contributed by atoms with Crippen molar-refractivity contribution in [3.63, 3.8) is 0 Å². The summed E-state index contributed by atoms with van der Waals surface area (Å²) in [5.41, 5.74) is 0.973. The molecule has 0 spiro atoms. The highest BCUT2D eigenvalue weighted by Gasteiger charge is 2.35. The minimum absolute atomic E-state index is 0.0809. The Morgan fingerprint density at radius 2 is 2.13 bits per heavy atom. The first-order chi connectivity index (χ1) is 11.0. The van der Waals surface area contributed by atoms with Crippen molar-refractivity contribution in [1.82, 2.24) is 14.5 Å². The van der Waals surface area contributed by atoms with Crippen LogP contribution in [-0.4, -0.2) is 58.0 Å². The van der Waals surface area contributed by atoms with Crippen LogP contribution < -0.4 is 5.56 Å². The van der Waals surface area contributed by atoms with E-state index in [1.807, 2.05) is 13.8 Å². The van der Waals surface area contributed by atoms with E-state index in [-0.39, 0.29) is 5.56 Å². The number of aliphatic hydroxyl groups is 1. The summed E-state index contributed by atoms with van der Waals surface area (Å²) in [6, 6.07) is 0. The lowest BCUT2D eigenvalue weighted by atomic mass is 9.94. The van der Waals surface area contributed by atoms with E-state index in [4.69, 9.17) is 4.74 Å². The SMILES string of the molecule is Cc1ncn(CC2CCN(CC3(O)CCOC3)CC2)c(=O)c1C. The van der Waals surface area contributed by atoms with Crippen LogP contribution in [0.2, 0.25) is 0 Å². The van der Waals surface area contributed by atoms with Crippen molar-refractivity contribution < 1.29 is 9.84 Å². The van der Waals surface area contributed by atoms with Gasteiger partial charge in [0.1, 0.15) is 5.60 Å². The van der Waals surface area contributed by atoms with Gasteiger partial charge in [0.05, 0.1) is 12.9 Å². The van der Waals surface area contributed by atoms with E-state index < -0.39 is 5.60 Å².